The van der Waals surface area contributed by atoms with Crippen molar-refractivity contribution in [3.63, 3.8) is 0 Å². The highest BCUT2D eigenvalue weighted by molar-refractivity contribution is 5.82. The number of amides is 1. The topological polar surface area (TPSA) is 49.3 Å². The van der Waals surface area contributed by atoms with Crippen LogP contribution in [0.5, 0.6) is 0 Å². The van der Waals surface area contributed by atoms with Gasteiger partial charge in [-0.2, -0.15) is 0 Å². The molecule has 1 fully saturated rings. The lowest BCUT2D eigenvalue weighted by Gasteiger charge is -2.14. The lowest BCUT2D eigenvalue weighted by atomic mass is 10.1. The fraction of sp³-hybridized carbons (Fsp3) is 0.278. The number of carbonyl (C=O) groups excluding carboxylic acids is 1. The Labute approximate surface area is 133 Å². The van der Waals surface area contributed by atoms with Crippen LogP contribution in [-0.2, 0) is 4.79 Å². The predicted octanol–water partition coefficient (Wildman–Crippen LogP) is 2.92. The van der Waals surface area contributed by atoms with Crippen molar-refractivity contribution in [1.82, 2.24) is 5.32 Å². The molecule has 3 nitrogen and oxygen atoms in total. The monoisotopic (exact) mass is 317 g/mol. The number of hydrogen-bond donors (Lipinski definition) is 2. The Morgan fingerprint density at radius 2 is 1.78 bits per heavy atom. The Morgan fingerprint density at radius 3 is 2.43 bits per heavy atom. The zero-order valence-electron chi connectivity index (χ0n) is 12.4. The summed E-state index contributed by atoms with van der Waals surface area (Å²) in [7, 11) is 0. The molecule has 0 spiro atoms. The van der Waals surface area contributed by atoms with Gasteiger partial charge in [0.2, 0.25) is 5.91 Å². The molecule has 0 heterocycles. The van der Waals surface area contributed by atoms with Crippen molar-refractivity contribution < 1.29 is 18.7 Å². The standard InChI is InChI=1S/C18H17F2NO2/c19-14-7-4-8-15(20)17(14)16(22)10-21-18(23)13-9-12(13)11-5-2-1-3-6-11/h1-8,12-13,16,22H,9-10H2,(H,21,23). The van der Waals surface area contributed by atoms with Crippen LogP contribution < -0.4 is 5.32 Å². The summed E-state index contributed by atoms with van der Waals surface area (Å²) in [6.07, 6.45) is -0.658. The molecule has 1 amide bonds. The predicted molar refractivity (Wildman–Crippen MR) is 81.6 cm³/mol. The molecule has 0 aliphatic heterocycles. The molecule has 3 rings (SSSR count). The van der Waals surface area contributed by atoms with Crippen LogP contribution in [0.4, 0.5) is 8.78 Å². The quantitative estimate of drug-likeness (QED) is 0.891. The third kappa shape index (κ3) is 3.40. The van der Waals surface area contributed by atoms with Crippen molar-refractivity contribution in [3.8, 4) is 0 Å². The zero-order chi connectivity index (χ0) is 16.4. The molecule has 2 N–H and O–H groups in total. The van der Waals surface area contributed by atoms with Crippen LogP contribution in [0.1, 0.15) is 29.6 Å². The van der Waals surface area contributed by atoms with Gasteiger partial charge in [0.25, 0.3) is 0 Å². The second-order valence-corrected chi connectivity index (χ2v) is 5.76. The fourth-order valence-electron chi connectivity index (χ4n) is 2.81. The van der Waals surface area contributed by atoms with E-state index in [1.54, 1.807) is 0 Å². The molecule has 0 bridgehead atoms. The Kier molecular flexibility index (Phi) is 4.39. The molecule has 0 saturated heterocycles. The van der Waals surface area contributed by atoms with Crippen molar-refractivity contribution >= 4 is 5.91 Å². The second kappa shape index (κ2) is 6.46. The molecule has 5 heteroatoms. The number of halogens is 2. The van der Waals surface area contributed by atoms with Crippen LogP contribution in [-0.4, -0.2) is 17.6 Å². The molecule has 2 aromatic rings. The Hall–Kier alpha value is -2.27. The first-order valence-corrected chi connectivity index (χ1v) is 7.52. The van der Waals surface area contributed by atoms with E-state index < -0.39 is 23.3 Å². The van der Waals surface area contributed by atoms with E-state index in [4.69, 9.17) is 0 Å². The number of carbonyl (C=O) groups is 1. The van der Waals surface area contributed by atoms with Crippen LogP contribution in [0.3, 0.4) is 0 Å². The van der Waals surface area contributed by atoms with Crippen LogP contribution in [0.25, 0.3) is 0 Å². The van der Waals surface area contributed by atoms with Crippen LogP contribution >= 0.6 is 0 Å². The van der Waals surface area contributed by atoms with Gasteiger partial charge in [0, 0.05) is 12.5 Å². The largest absolute Gasteiger partial charge is 0.386 e. The van der Waals surface area contributed by atoms with E-state index >= 15 is 0 Å². The molecule has 1 aliphatic carbocycles. The average Bonchev–Trinajstić information content (AvgIpc) is 3.34. The first kappa shape index (κ1) is 15.6. The van der Waals surface area contributed by atoms with E-state index in [1.165, 1.54) is 6.07 Å². The van der Waals surface area contributed by atoms with E-state index in [9.17, 15) is 18.7 Å². The minimum Gasteiger partial charge on any atom is -0.386 e. The molecule has 3 unspecified atom stereocenters. The zero-order valence-corrected chi connectivity index (χ0v) is 12.4. The molecule has 120 valence electrons. The van der Waals surface area contributed by atoms with Gasteiger partial charge >= 0.3 is 0 Å². The SMILES string of the molecule is O=C(NCC(O)c1c(F)cccc1F)C1CC1c1ccccc1. The van der Waals surface area contributed by atoms with Crippen molar-refractivity contribution in [2.24, 2.45) is 5.92 Å². The molecular weight excluding hydrogens is 300 g/mol. The van der Waals surface area contributed by atoms with Crippen molar-refractivity contribution in [2.75, 3.05) is 6.54 Å². The minimum absolute atomic E-state index is 0.143. The number of rotatable bonds is 5. The van der Waals surface area contributed by atoms with E-state index in [0.29, 0.717) is 0 Å². The second-order valence-electron chi connectivity index (χ2n) is 5.76. The molecular formula is C18H17F2NO2. The lowest BCUT2D eigenvalue weighted by Crippen LogP contribution is -2.30. The summed E-state index contributed by atoms with van der Waals surface area (Å²) >= 11 is 0. The van der Waals surface area contributed by atoms with Gasteiger partial charge in [-0.3, -0.25) is 4.79 Å². The minimum atomic E-state index is -1.41. The normalized spacial score (nSPS) is 20.8. The van der Waals surface area contributed by atoms with Crippen molar-refractivity contribution in [2.45, 2.75) is 18.4 Å². The third-order valence-corrected chi connectivity index (χ3v) is 4.16. The Balaban J connectivity index is 1.56. The van der Waals surface area contributed by atoms with Gasteiger partial charge in [-0.25, -0.2) is 8.78 Å². The van der Waals surface area contributed by atoms with Gasteiger partial charge in [0.1, 0.15) is 17.7 Å². The highest BCUT2D eigenvalue weighted by Crippen LogP contribution is 2.47. The molecule has 0 radical (unpaired) electrons. The Morgan fingerprint density at radius 1 is 1.13 bits per heavy atom. The molecule has 23 heavy (non-hydrogen) atoms. The smallest absolute Gasteiger partial charge is 0.223 e. The molecule has 1 saturated carbocycles. The maximum absolute atomic E-state index is 13.6. The van der Waals surface area contributed by atoms with E-state index in [2.05, 4.69) is 5.32 Å². The van der Waals surface area contributed by atoms with Gasteiger partial charge in [-0.15, -0.1) is 0 Å². The number of hydrogen-bond acceptors (Lipinski definition) is 2. The molecule has 0 aromatic heterocycles. The van der Waals surface area contributed by atoms with Crippen LogP contribution in [0.15, 0.2) is 48.5 Å². The number of nitrogens with one attached hydrogen (secondary N) is 1. The van der Waals surface area contributed by atoms with Gasteiger partial charge in [0.15, 0.2) is 0 Å². The van der Waals surface area contributed by atoms with Crippen LogP contribution in [0, 0.1) is 17.6 Å². The summed E-state index contributed by atoms with van der Waals surface area (Å²) < 4.78 is 27.1. The van der Waals surface area contributed by atoms with Crippen molar-refractivity contribution in [3.05, 3.63) is 71.3 Å². The maximum Gasteiger partial charge on any atom is 0.223 e. The summed E-state index contributed by atoms with van der Waals surface area (Å²) in [6, 6.07) is 13.1. The summed E-state index contributed by atoms with van der Waals surface area (Å²) in [5.41, 5.74) is 0.691. The van der Waals surface area contributed by atoms with E-state index in [0.717, 1.165) is 24.1 Å². The highest BCUT2D eigenvalue weighted by Gasteiger charge is 2.43. The maximum atomic E-state index is 13.6. The average molecular weight is 317 g/mol. The summed E-state index contributed by atoms with van der Waals surface area (Å²) in [5.74, 6) is -1.80. The summed E-state index contributed by atoms with van der Waals surface area (Å²) in [4.78, 5) is 12.1. The molecule has 2 aromatic carbocycles. The fourth-order valence-corrected chi connectivity index (χ4v) is 2.81. The van der Waals surface area contributed by atoms with Gasteiger partial charge in [0.05, 0.1) is 5.56 Å². The van der Waals surface area contributed by atoms with Crippen molar-refractivity contribution in [1.29, 1.82) is 0 Å². The first-order chi connectivity index (χ1) is 11.1. The first-order valence-electron chi connectivity index (χ1n) is 7.52. The lowest BCUT2D eigenvalue weighted by molar-refractivity contribution is -0.122. The number of benzene rings is 2. The summed E-state index contributed by atoms with van der Waals surface area (Å²) in [6.45, 7) is -0.214. The summed E-state index contributed by atoms with van der Waals surface area (Å²) in [5, 5.41) is 12.5. The highest BCUT2D eigenvalue weighted by atomic mass is 19.1. The van der Waals surface area contributed by atoms with Gasteiger partial charge in [-0.1, -0.05) is 36.4 Å². The third-order valence-electron chi connectivity index (χ3n) is 4.16. The number of aliphatic hydroxyl groups is 1. The van der Waals surface area contributed by atoms with Crippen LogP contribution in [0.2, 0.25) is 0 Å². The van der Waals surface area contributed by atoms with E-state index in [-0.39, 0.29) is 24.3 Å². The van der Waals surface area contributed by atoms with E-state index in [1.807, 2.05) is 30.3 Å². The van der Waals surface area contributed by atoms with Gasteiger partial charge < -0.3 is 10.4 Å². The molecule has 3 atom stereocenters. The Bertz CT molecular complexity index is 685. The molecule has 1 aliphatic rings. The number of aliphatic hydroxyl groups excluding tert-OH is 1. The van der Waals surface area contributed by atoms with Gasteiger partial charge in [-0.05, 0) is 30.0 Å².